The standard InChI is InChI=1S/C14H11ClO3/c1-17-12-6-2-10(3-7-12)14(16)18-13-8-4-11(15)5-9-13/h2-9H,1H3. The minimum atomic E-state index is -0.417. The number of esters is 1. The van der Waals surface area contributed by atoms with Crippen LogP contribution in [0, 0.1) is 0 Å². The van der Waals surface area contributed by atoms with Crippen LogP contribution in [0.1, 0.15) is 10.4 Å². The SMILES string of the molecule is COc1ccc(C(=O)Oc2ccc(Cl)cc2)cc1. The van der Waals surface area contributed by atoms with Crippen LogP contribution in [-0.4, -0.2) is 13.1 Å². The van der Waals surface area contributed by atoms with Gasteiger partial charge in [0.15, 0.2) is 0 Å². The third kappa shape index (κ3) is 3.02. The molecule has 0 atom stereocenters. The molecule has 0 amide bonds. The van der Waals surface area contributed by atoms with Crippen molar-refractivity contribution in [1.29, 1.82) is 0 Å². The van der Waals surface area contributed by atoms with Gasteiger partial charge in [-0.05, 0) is 48.5 Å². The zero-order valence-corrected chi connectivity index (χ0v) is 10.5. The van der Waals surface area contributed by atoms with Crippen molar-refractivity contribution in [3.63, 3.8) is 0 Å². The van der Waals surface area contributed by atoms with Gasteiger partial charge < -0.3 is 9.47 Å². The van der Waals surface area contributed by atoms with Gasteiger partial charge in [-0.1, -0.05) is 11.6 Å². The van der Waals surface area contributed by atoms with Crippen LogP contribution >= 0.6 is 11.6 Å². The molecular weight excluding hydrogens is 252 g/mol. The second kappa shape index (κ2) is 5.56. The highest BCUT2D eigenvalue weighted by atomic mass is 35.5. The van der Waals surface area contributed by atoms with Crippen LogP contribution in [0.4, 0.5) is 0 Å². The number of benzene rings is 2. The first-order valence-corrected chi connectivity index (χ1v) is 5.68. The zero-order chi connectivity index (χ0) is 13.0. The lowest BCUT2D eigenvalue weighted by atomic mass is 10.2. The Balaban J connectivity index is 2.09. The summed E-state index contributed by atoms with van der Waals surface area (Å²) in [6.45, 7) is 0. The molecule has 0 aliphatic heterocycles. The summed E-state index contributed by atoms with van der Waals surface area (Å²) in [5.41, 5.74) is 0.464. The molecular formula is C14H11ClO3. The van der Waals surface area contributed by atoms with E-state index in [-0.39, 0.29) is 0 Å². The number of carbonyl (C=O) groups is 1. The molecule has 0 bridgehead atoms. The van der Waals surface area contributed by atoms with E-state index in [0.717, 1.165) is 0 Å². The second-order valence-corrected chi connectivity index (χ2v) is 4.01. The van der Waals surface area contributed by atoms with Gasteiger partial charge in [-0.25, -0.2) is 4.79 Å². The van der Waals surface area contributed by atoms with Crippen molar-refractivity contribution in [3.8, 4) is 11.5 Å². The van der Waals surface area contributed by atoms with E-state index in [1.807, 2.05) is 0 Å². The molecule has 18 heavy (non-hydrogen) atoms. The lowest BCUT2D eigenvalue weighted by Gasteiger charge is -2.05. The van der Waals surface area contributed by atoms with E-state index in [0.29, 0.717) is 22.1 Å². The van der Waals surface area contributed by atoms with Crippen molar-refractivity contribution in [2.24, 2.45) is 0 Å². The Morgan fingerprint density at radius 3 is 2.06 bits per heavy atom. The molecule has 0 aliphatic carbocycles. The lowest BCUT2D eigenvalue weighted by Crippen LogP contribution is -2.08. The zero-order valence-electron chi connectivity index (χ0n) is 9.72. The number of ether oxygens (including phenoxy) is 2. The molecule has 0 fully saturated rings. The highest BCUT2D eigenvalue weighted by Crippen LogP contribution is 2.18. The average molecular weight is 263 g/mol. The summed E-state index contributed by atoms with van der Waals surface area (Å²) in [6, 6.07) is 13.3. The predicted octanol–water partition coefficient (Wildman–Crippen LogP) is 3.57. The van der Waals surface area contributed by atoms with Crippen LogP contribution in [0.15, 0.2) is 48.5 Å². The molecule has 0 unspecified atom stereocenters. The van der Waals surface area contributed by atoms with Crippen LogP contribution in [0.5, 0.6) is 11.5 Å². The highest BCUT2D eigenvalue weighted by Gasteiger charge is 2.08. The van der Waals surface area contributed by atoms with Crippen LogP contribution in [0.3, 0.4) is 0 Å². The third-order valence-electron chi connectivity index (χ3n) is 2.35. The van der Waals surface area contributed by atoms with Crippen molar-refractivity contribution < 1.29 is 14.3 Å². The molecule has 0 aromatic heterocycles. The first-order chi connectivity index (χ1) is 8.69. The molecule has 4 heteroatoms. The fraction of sp³-hybridized carbons (Fsp3) is 0.0714. The van der Waals surface area contributed by atoms with Gasteiger partial charge in [0.2, 0.25) is 0 Å². The van der Waals surface area contributed by atoms with Crippen molar-refractivity contribution in [3.05, 3.63) is 59.1 Å². The number of rotatable bonds is 3. The molecule has 2 aromatic carbocycles. The van der Waals surface area contributed by atoms with Gasteiger partial charge in [0, 0.05) is 5.02 Å². The Bertz CT molecular complexity index is 532. The van der Waals surface area contributed by atoms with E-state index < -0.39 is 5.97 Å². The van der Waals surface area contributed by atoms with Gasteiger partial charge in [-0.15, -0.1) is 0 Å². The van der Waals surface area contributed by atoms with Crippen molar-refractivity contribution in [2.45, 2.75) is 0 Å². The molecule has 0 saturated carbocycles. The van der Waals surface area contributed by atoms with Gasteiger partial charge in [-0.2, -0.15) is 0 Å². The minimum absolute atomic E-state index is 0.417. The largest absolute Gasteiger partial charge is 0.497 e. The van der Waals surface area contributed by atoms with Gasteiger partial charge in [0.1, 0.15) is 11.5 Å². The second-order valence-electron chi connectivity index (χ2n) is 3.57. The number of hydrogen-bond donors (Lipinski definition) is 0. The maximum atomic E-state index is 11.8. The third-order valence-corrected chi connectivity index (χ3v) is 2.60. The number of methoxy groups -OCH3 is 1. The van der Waals surface area contributed by atoms with Crippen molar-refractivity contribution >= 4 is 17.6 Å². The van der Waals surface area contributed by atoms with Crippen LogP contribution in [-0.2, 0) is 0 Å². The lowest BCUT2D eigenvalue weighted by molar-refractivity contribution is 0.0735. The quantitative estimate of drug-likeness (QED) is 0.627. The topological polar surface area (TPSA) is 35.5 Å². The average Bonchev–Trinajstić information content (AvgIpc) is 2.41. The number of carbonyl (C=O) groups excluding carboxylic acids is 1. The maximum Gasteiger partial charge on any atom is 0.343 e. The number of halogens is 1. The minimum Gasteiger partial charge on any atom is -0.497 e. The van der Waals surface area contributed by atoms with Crippen molar-refractivity contribution in [1.82, 2.24) is 0 Å². The molecule has 0 saturated heterocycles. The van der Waals surface area contributed by atoms with Crippen molar-refractivity contribution in [2.75, 3.05) is 7.11 Å². The Kier molecular flexibility index (Phi) is 3.85. The Morgan fingerprint density at radius 2 is 1.50 bits per heavy atom. The summed E-state index contributed by atoms with van der Waals surface area (Å²) in [6.07, 6.45) is 0. The van der Waals surface area contributed by atoms with Crippen LogP contribution < -0.4 is 9.47 Å². The molecule has 2 rings (SSSR count). The smallest absolute Gasteiger partial charge is 0.343 e. The molecule has 0 aliphatic rings. The molecule has 92 valence electrons. The summed E-state index contributed by atoms with van der Waals surface area (Å²) in [5.74, 6) is 0.734. The summed E-state index contributed by atoms with van der Waals surface area (Å²) in [4.78, 5) is 11.8. The fourth-order valence-corrected chi connectivity index (χ4v) is 1.52. The van der Waals surface area contributed by atoms with E-state index in [1.165, 1.54) is 0 Å². The van der Waals surface area contributed by atoms with E-state index in [4.69, 9.17) is 21.1 Å². The summed E-state index contributed by atoms with van der Waals surface area (Å²) < 4.78 is 10.2. The first-order valence-electron chi connectivity index (χ1n) is 5.31. The molecule has 0 spiro atoms. The van der Waals surface area contributed by atoms with Gasteiger partial charge >= 0.3 is 5.97 Å². The molecule has 2 aromatic rings. The van der Waals surface area contributed by atoms with Gasteiger partial charge in [0.25, 0.3) is 0 Å². The maximum absolute atomic E-state index is 11.8. The van der Waals surface area contributed by atoms with Crippen LogP contribution in [0.25, 0.3) is 0 Å². The monoisotopic (exact) mass is 262 g/mol. The number of hydrogen-bond acceptors (Lipinski definition) is 3. The molecule has 0 heterocycles. The van der Waals surface area contributed by atoms with Gasteiger partial charge in [-0.3, -0.25) is 0 Å². The molecule has 0 N–H and O–H groups in total. The van der Waals surface area contributed by atoms with Gasteiger partial charge in [0.05, 0.1) is 12.7 Å². The highest BCUT2D eigenvalue weighted by molar-refractivity contribution is 6.30. The Labute approximate surface area is 110 Å². The van der Waals surface area contributed by atoms with E-state index in [1.54, 1.807) is 55.6 Å². The van der Waals surface area contributed by atoms with E-state index in [2.05, 4.69) is 0 Å². The Hall–Kier alpha value is -2.00. The van der Waals surface area contributed by atoms with E-state index >= 15 is 0 Å². The first kappa shape index (κ1) is 12.5. The summed E-state index contributed by atoms with van der Waals surface area (Å²) >= 11 is 5.74. The predicted molar refractivity (Wildman–Crippen MR) is 69.4 cm³/mol. The normalized spacial score (nSPS) is 9.89. The Morgan fingerprint density at radius 1 is 0.944 bits per heavy atom. The molecule has 0 radical (unpaired) electrons. The molecule has 3 nitrogen and oxygen atoms in total. The van der Waals surface area contributed by atoms with Crippen LogP contribution in [0.2, 0.25) is 5.02 Å². The fourth-order valence-electron chi connectivity index (χ4n) is 1.40. The van der Waals surface area contributed by atoms with E-state index in [9.17, 15) is 4.79 Å². The summed E-state index contributed by atoms with van der Waals surface area (Å²) in [7, 11) is 1.57. The summed E-state index contributed by atoms with van der Waals surface area (Å²) in [5, 5.41) is 0.597.